The van der Waals surface area contributed by atoms with Crippen LogP contribution in [-0.4, -0.2) is 13.3 Å². The third-order valence-corrected chi connectivity index (χ3v) is 2.88. The van der Waals surface area contributed by atoms with E-state index in [1.54, 1.807) is 0 Å². The number of nitrogens with zero attached hydrogens (tertiary/aromatic N) is 2. The lowest BCUT2D eigenvalue weighted by Crippen LogP contribution is -2.10. The standard InChI is InChI=1S/C14H12N2/c1-16-13-8-4-2-6-11(13)10-15-12-7-3-5-9-14(12)16/h2-10H,1H3. The summed E-state index contributed by atoms with van der Waals surface area (Å²) in [5.74, 6) is 0. The smallest absolute Gasteiger partial charge is 0.0866 e. The minimum Gasteiger partial charge on any atom is -0.342 e. The molecule has 78 valence electrons. The van der Waals surface area contributed by atoms with Crippen molar-refractivity contribution in [3.63, 3.8) is 0 Å². The molecule has 0 atom stereocenters. The van der Waals surface area contributed by atoms with Gasteiger partial charge in [0.1, 0.15) is 0 Å². The van der Waals surface area contributed by atoms with Gasteiger partial charge in [0.15, 0.2) is 0 Å². The van der Waals surface area contributed by atoms with Crippen molar-refractivity contribution in [1.82, 2.24) is 0 Å². The van der Waals surface area contributed by atoms with Crippen LogP contribution in [0, 0.1) is 0 Å². The van der Waals surface area contributed by atoms with Crippen LogP contribution in [0.5, 0.6) is 0 Å². The first-order valence-corrected chi connectivity index (χ1v) is 5.32. The van der Waals surface area contributed by atoms with E-state index in [1.807, 2.05) is 30.5 Å². The quantitative estimate of drug-likeness (QED) is 0.646. The fourth-order valence-corrected chi connectivity index (χ4v) is 2.03. The Bertz CT molecular complexity index is 509. The Balaban J connectivity index is 2.26. The molecular formula is C14H12N2. The summed E-state index contributed by atoms with van der Waals surface area (Å²) in [5, 5.41) is 0. The molecule has 0 fully saturated rings. The van der Waals surface area contributed by atoms with E-state index < -0.39 is 0 Å². The third kappa shape index (κ3) is 1.31. The summed E-state index contributed by atoms with van der Waals surface area (Å²) in [6.07, 6.45) is 1.93. The second kappa shape index (κ2) is 3.49. The molecule has 2 aromatic rings. The topological polar surface area (TPSA) is 15.6 Å². The van der Waals surface area contributed by atoms with E-state index in [1.165, 1.54) is 5.69 Å². The van der Waals surface area contributed by atoms with Gasteiger partial charge in [-0.15, -0.1) is 0 Å². The molecule has 0 N–H and O–H groups in total. The van der Waals surface area contributed by atoms with Crippen molar-refractivity contribution in [3.8, 4) is 0 Å². The third-order valence-electron chi connectivity index (χ3n) is 2.88. The van der Waals surface area contributed by atoms with Gasteiger partial charge < -0.3 is 4.90 Å². The molecule has 0 aromatic heterocycles. The van der Waals surface area contributed by atoms with E-state index in [9.17, 15) is 0 Å². The van der Waals surface area contributed by atoms with Gasteiger partial charge >= 0.3 is 0 Å². The highest BCUT2D eigenvalue weighted by molar-refractivity contribution is 5.95. The van der Waals surface area contributed by atoms with Crippen molar-refractivity contribution in [2.75, 3.05) is 11.9 Å². The highest BCUT2D eigenvalue weighted by Crippen LogP contribution is 2.36. The average Bonchev–Trinajstić information content (AvgIpc) is 2.49. The van der Waals surface area contributed by atoms with Gasteiger partial charge in [0.25, 0.3) is 0 Å². The zero-order valence-corrected chi connectivity index (χ0v) is 9.09. The SMILES string of the molecule is CN1c2ccccc2C=Nc2ccccc21. The Morgan fingerprint density at radius 3 is 2.44 bits per heavy atom. The van der Waals surface area contributed by atoms with Crippen LogP contribution < -0.4 is 4.90 Å². The van der Waals surface area contributed by atoms with E-state index in [4.69, 9.17) is 0 Å². The molecule has 0 bridgehead atoms. The molecule has 3 rings (SSSR count). The lowest BCUT2D eigenvalue weighted by Gasteiger charge is -2.20. The van der Waals surface area contributed by atoms with Crippen molar-refractivity contribution in [1.29, 1.82) is 0 Å². The number of aliphatic imine (C=N–C) groups is 1. The number of hydrogen-bond acceptors (Lipinski definition) is 2. The zero-order valence-electron chi connectivity index (χ0n) is 9.09. The molecule has 1 heterocycles. The summed E-state index contributed by atoms with van der Waals surface area (Å²) in [4.78, 5) is 6.69. The molecule has 0 radical (unpaired) electrons. The van der Waals surface area contributed by atoms with Crippen molar-refractivity contribution >= 4 is 23.3 Å². The van der Waals surface area contributed by atoms with Gasteiger partial charge in [-0.2, -0.15) is 0 Å². The van der Waals surface area contributed by atoms with Gasteiger partial charge in [0, 0.05) is 24.5 Å². The Kier molecular flexibility index (Phi) is 2.00. The van der Waals surface area contributed by atoms with Crippen molar-refractivity contribution in [3.05, 3.63) is 54.1 Å². The molecule has 16 heavy (non-hydrogen) atoms. The normalized spacial score (nSPS) is 12.9. The summed E-state index contributed by atoms with van der Waals surface area (Å²) in [6, 6.07) is 16.5. The number of para-hydroxylation sites is 3. The number of benzene rings is 2. The molecule has 0 unspecified atom stereocenters. The maximum atomic E-state index is 4.51. The zero-order chi connectivity index (χ0) is 11.0. The van der Waals surface area contributed by atoms with Crippen LogP contribution in [0.1, 0.15) is 5.56 Å². The second-order valence-electron chi connectivity index (χ2n) is 3.86. The van der Waals surface area contributed by atoms with Gasteiger partial charge in [-0.3, -0.25) is 4.99 Å². The van der Waals surface area contributed by atoms with Gasteiger partial charge in [0.05, 0.1) is 11.4 Å². The molecule has 2 nitrogen and oxygen atoms in total. The molecule has 1 aliphatic heterocycles. The van der Waals surface area contributed by atoms with Gasteiger partial charge in [-0.25, -0.2) is 0 Å². The van der Waals surface area contributed by atoms with E-state index in [2.05, 4.69) is 41.2 Å². The van der Waals surface area contributed by atoms with E-state index >= 15 is 0 Å². The van der Waals surface area contributed by atoms with Crippen LogP contribution in [0.25, 0.3) is 0 Å². The van der Waals surface area contributed by atoms with Crippen LogP contribution >= 0.6 is 0 Å². The first kappa shape index (κ1) is 9.16. The maximum absolute atomic E-state index is 4.51. The van der Waals surface area contributed by atoms with E-state index in [0.29, 0.717) is 0 Å². The fraction of sp³-hybridized carbons (Fsp3) is 0.0714. The predicted molar refractivity (Wildman–Crippen MR) is 68.2 cm³/mol. The largest absolute Gasteiger partial charge is 0.342 e. The Morgan fingerprint density at radius 2 is 1.56 bits per heavy atom. The van der Waals surface area contributed by atoms with E-state index in [0.717, 1.165) is 16.9 Å². The monoisotopic (exact) mass is 208 g/mol. The van der Waals surface area contributed by atoms with Crippen LogP contribution in [0.15, 0.2) is 53.5 Å². The van der Waals surface area contributed by atoms with Crippen molar-refractivity contribution in [2.24, 2.45) is 4.99 Å². The van der Waals surface area contributed by atoms with Crippen molar-refractivity contribution < 1.29 is 0 Å². The number of rotatable bonds is 0. The minimum atomic E-state index is 1.02. The molecule has 2 heteroatoms. The first-order valence-electron chi connectivity index (χ1n) is 5.32. The maximum Gasteiger partial charge on any atom is 0.0866 e. The summed E-state index contributed by atoms with van der Waals surface area (Å²) >= 11 is 0. The summed E-state index contributed by atoms with van der Waals surface area (Å²) in [5.41, 5.74) is 4.50. The van der Waals surface area contributed by atoms with Crippen LogP contribution in [-0.2, 0) is 0 Å². The predicted octanol–water partition coefficient (Wildman–Crippen LogP) is 3.52. The molecule has 2 aromatic carbocycles. The Hall–Kier alpha value is -2.09. The number of anilines is 2. The number of fused-ring (bicyclic) bond motifs is 2. The molecule has 0 spiro atoms. The second-order valence-corrected chi connectivity index (χ2v) is 3.86. The summed E-state index contributed by atoms with van der Waals surface area (Å²) < 4.78 is 0. The Labute approximate surface area is 94.9 Å². The van der Waals surface area contributed by atoms with Gasteiger partial charge in [0.2, 0.25) is 0 Å². The fourth-order valence-electron chi connectivity index (χ4n) is 2.03. The summed E-state index contributed by atoms with van der Waals surface area (Å²) in [6.45, 7) is 0. The lowest BCUT2D eigenvalue weighted by atomic mass is 10.1. The van der Waals surface area contributed by atoms with Gasteiger partial charge in [-0.05, 0) is 18.2 Å². The minimum absolute atomic E-state index is 1.02. The lowest BCUT2D eigenvalue weighted by molar-refractivity contribution is 1.21. The molecule has 0 amide bonds. The number of hydrogen-bond donors (Lipinski definition) is 0. The summed E-state index contributed by atoms with van der Waals surface area (Å²) in [7, 11) is 2.08. The van der Waals surface area contributed by atoms with Crippen LogP contribution in [0.4, 0.5) is 17.1 Å². The molecule has 0 saturated carbocycles. The highest BCUT2D eigenvalue weighted by Gasteiger charge is 2.13. The average molecular weight is 208 g/mol. The highest BCUT2D eigenvalue weighted by atomic mass is 15.1. The molecule has 0 aliphatic carbocycles. The van der Waals surface area contributed by atoms with Gasteiger partial charge in [-0.1, -0.05) is 30.3 Å². The molecule has 0 saturated heterocycles. The molecule has 1 aliphatic rings. The first-order chi connectivity index (χ1) is 7.86. The van der Waals surface area contributed by atoms with Crippen LogP contribution in [0.2, 0.25) is 0 Å². The molecular weight excluding hydrogens is 196 g/mol. The Morgan fingerprint density at radius 1 is 0.875 bits per heavy atom. The van der Waals surface area contributed by atoms with Crippen LogP contribution in [0.3, 0.4) is 0 Å². The van der Waals surface area contributed by atoms with Crippen molar-refractivity contribution in [2.45, 2.75) is 0 Å². The van der Waals surface area contributed by atoms with E-state index in [-0.39, 0.29) is 0 Å².